The molecule has 2 N–H and O–H groups in total. The molecule has 6 heteroatoms. The van der Waals surface area contributed by atoms with Gasteiger partial charge in [0.2, 0.25) is 0 Å². The lowest BCUT2D eigenvalue weighted by Gasteiger charge is -2.20. The first-order chi connectivity index (χ1) is 8.49. The Morgan fingerprint density at radius 3 is 2.94 bits per heavy atom. The van der Waals surface area contributed by atoms with Crippen LogP contribution in [0.15, 0.2) is 5.38 Å². The van der Waals surface area contributed by atoms with E-state index in [1.165, 1.54) is 11.3 Å². The van der Waals surface area contributed by atoms with Crippen molar-refractivity contribution in [3.63, 3.8) is 0 Å². The number of carboxylic acid groups (broad SMARTS) is 1. The van der Waals surface area contributed by atoms with Crippen molar-refractivity contribution in [2.45, 2.75) is 32.7 Å². The third-order valence-corrected chi connectivity index (χ3v) is 3.62. The molecule has 5 nitrogen and oxygen atoms in total. The molecule has 1 heterocycles. The van der Waals surface area contributed by atoms with Gasteiger partial charge in [0.05, 0.1) is 12.1 Å². The van der Waals surface area contributed by atoms with Crippen LogP contribution in [0.2, 0.25) is 0 Å². The smallest absolute Gasteiger partial charge is 0.303 e. The standard InChI is InChI=1S/C12H21N3O2S/c1-9(2)15(3)7-6-13-12-14-10(8-18-12)4-5-11(16)17/h8-9H,4-7H2,1-3H3,(H,13,14)(H,16,17). The molecule has 0 aliphatic heterocycles. The van der Waals surface area contributed by atoms with E-state index in [0.717, 1.165) is 23.9 Å². The summed E-state index contributed by atoms with van der Waals surface area (Å²) in [4.78, 5) is 17.1. The Bertz CT molecular complexity index is 379. The summed E-state index contributed by atoms with van der Waals surface area (Å²) in [6.45, 7) is 6.13. The van der Waals surface area contributed by atoms with Crippen molar-refractivity contribution >= 4 is 22.4 Å². The predicted molar refractivity (Wildman–Crippen MR) is 74.3 cm³/mol. The van der Waals surface area contributed by atoms with E-state index in [-0.39, 0.29) is 6.42 Å². The first-order valence-electron chi connectivity index (χ1n) is 6.09. The highest BCUT2D eigenvalue weighted by Gasteiger charge is 2.05. The number of hydrogen-bond acceptors (Lipinski definition) is 5. The van der Waals surface area contributed by atoms with Crippen LogP contribution in [-0.2, 0) is 11.2 Å². The maximum atomic E-state index is 10.4. The average Bonchev–Trinajstić information content (AvgIpc) is 2.74. The molecule has 1 aromatic rings. The lowest BCUT2D eigenvalue weighted by atomic mass is 10.2. The van der Waals surface area contributed by atoms with Crippen molar-refractivity contribution in [2.75, 3.05) is 25.5 Å². The number of carbonyl (C=O) groups is 1. The quantitative estimate of drug-likeness (QED) is 0.756. The van der Waals surface area contributed by atoms with E-state index in [1.54, 1.807) is 0 Å². The molecular formula is C12H21N3O2S. The van der Waals surface area contributed by atoms with Gasteiger partial charge in [-0.25, -0.2) is 4.98 Å². The highest BCUT2D eigenvalue weighted by atomic mass is 32.1. The molecule has 0 bridgehead atoms. The fraction of sp³-hybridized carbons (Fsp3) is 0.667. The number of carboxylic acids is 1. The molecule has 0 aliphatic carbocycles. The molecule has 0 fully saturated rings. The molecule has 0 radical (unpaired) electrons. The number of thiazole rings is 1. The van der Waals surface area contributed by atoms with Gasteiger partial charge in [-0.05, 0) is 20.9 Å². The number of likely N-dealkylation sites (N-methyl/N-ethyl adjacent to an activating group) is 1. The van der Waals surface area contributed by atoms with Crippen LogP contribution in [0.1, 0.15) is 26.0 Å². The van der Waals surface area contributed by atoms with Gasteiger partial charge in [-0.15, -0.1) is 11.3 Å². The topological polar surface area (TPSA) is 65.5 Å². The zero-order chi connectivity index (χ0) is 13.5. The van der Waals surface area contributed by atoms with Crippen molar-refractivity contribution in [1.29, 1.82) is 0 Å². The largest absolute Gasteiger partial charge is 0.481 e. The Morgan fingerprint density at radius 1 is 1.61 bits per heavy atom. The van der Waals surface area contributed by atoms with E-state index < -0.39 is 5.97 Å². The molecule has 0 atom stereocenters. The molecule has 0 aromatic carbocycles. The van der Waals surface area contributed by atoms with E-state index in [4.69, 9.17) is 5.11 Å². The van der Waals surface area contributed by atoms with E-state index in [2.05, 4.69) is 36.1 Å². The summed E-state index contributed by atoms with van der Waals surface area (Å²) in [7, 11) is 2.09. The van der Waals surface area contributed by atoms with E-state index in [9.17, 15) is 4.79 Å². The molecule has 1 aromatic heterocycles. The van der Waals surface area contributed by atoms with Gasteiger partial charge in [-0.1, -0.05) is 0 Å². The molecule has 1 rings (SSSR count). The van der Waals surface area contributed by atoms with Crippen LogP contribution in [0.25, 0.3) is 0 Å². The summed E-state index contributed by atoms with van der Waals surface area (Å²) >= 11 is 1.53. The Balaban J connectivity index is 2.29. The van der Waals surface area contributed by atoms with Gasteiger partial charge < -0.3 is 15.3 Å². The summed E-state index contributed by atoms with van der Waals surface area (Å²) in [5, 5.41) is 14.6. The fourth-order valence-electron chi connectivity index (χ4n) is 1.34. The number of aryl methyl sites for hydroxylation is 1. The second kappa shape index (κ2) is 7.33. The highest BCUT2D eigenvalue weighted by Crippen LogP contribution is 2.16. The van der Waals surface area contributed by atoms with Gasteiger partial charge in [0.25, 0.3) is 0 Å². The second-order valence-corrected chi connectivity index (χ2v) is 5.40. The van der Waals surface area contributed by atoms with Gasteiger partial charge in [0.15, 0.2) is 5.13 Å². The third-order valence-electron chi connectivity index (χ3n) is 2.77. The lowest BCUT2D eigenvalue weighted by molar-refractivity contribution is -0.136. The minimum Gasteiger partial charge on any atom is -0.481 e. The number of rotatable bonds is 8. The highest BCUT2D eigenvalue weighted by molar-refractivity contribution is 7.13. The number of hydrogen-bond donors (Lipinski definition) is 2. The molecule has 0 amide bonds. The van der Waals surface area contributed by atoms with Crippen LogP contribution in [0.4, 0.5) is 5.13 Å². The fourth-order valence-corrected chi connectivity index (χ4v) is 2.11. The Hall–Kier alpha value is -1.14. The van der Waals surface area contributed by atoms with Crippen molar-refractivity contribution in [3.05, 3.63) is 11.1 Å². The Kier molecular flexibility index (Phi) is 6.07. The normalized spacial score (nSPS) is 11.2. The summed E-state index contributed by atoms with van der Waals surface area (Å²) in [6, 6.07) is 0.536. The molecular weight excluding hydrogens is 250 g/mol. The maximum absolute atomic E-state index is 10.4. The number of nitrogens with zero attached hydrogens (tertiary/aromatic N) is 2. The zero-order valence-electron chi connectivity index (χ0n) is 11.1. The molecule has 102 valence electrons. The van der Waals surface area contributed by atoms with Crippen LogP contribution < -0.4 is 5.32 Å². The minimum absolute atomic E-state index is 0.138. The van der Waals surface area contributed by atoms with Gasteiger partial charge in [0.1, 0.15) is 0 Å². The second-order valence-electron chi connectivity index (χ2n) is 4.54. The molecule has 0 aliphatic rings. The van der Waals surface area contributed by atoms with E-state index >= 15 is 0 Å². The van der Waals surface area contributed by atoms with Gasteiger partial charge in [0, 0.05) is 30.9 Å². The summed E-state index contributed by atoms with van der Waals surface area (Å²) in [5.74, 6) is -0.781. The SMILES string of the molecule is CC(C)N(C)CCNc1nc(CCC(=O)O)cs1. The first kappa shape index (κ1) is 14.9. The zero-order valence-corrected chi connectivity index (χ0v) is 12.0. The summed E-state index contributed by atoms with van der Waals surface area (Å²) in [5.41, 5.74) is 0.849. The number of anilines is 1. The number of aliphatic carboxylic acids is 1. The number of aromatic nitrogens is 1. The Labute approximate surface area is 112 Å². The van der Waals surface area contributed by atoms with E-state index in [1.807, 2.05) is 5.38 Å². The summed E-state index contributed by atoms with van der Waals surface area (Å²) < 4.78 is 0. The van der Waals surface area contributed by atoms with Gasteiger partial charge >= 0.3 is 5.97 Å². The van der Waals surface area contributed by atoms with Crippen molar-refractivity contribution < 1.29 is 9.90 Å². The molecule has 0 spiro atoms. The van der Waals surface area contributed by atoms with Crippen LogP contribution in [-0.4, -0.2) is 47.1 Å². The number of nitrogens with one attached hydrogen (secondary N) is 1. The van der Waals surface area contributed by atoms with Gasteiger partial charge in [-0.3, -0.25) is 4.79 Å². The third kappa shape index (κ3) is 5.46. The van der Waals surface area contributed by atoms with Crippen molar-refractivity contribution in [3.8, 4) is 0 Å². The predicted octanol–water partition coefficient (Wildman–Crippen LogP) is 1.91. The Morgan fingerprint density at radius 2 is 2.33 bits per heavy atom. The van der Waals surface area contributed by atoms with Gasteiger partial charge in [-0.2, -0.15) is 0 Å². The molecule has 18 heavy (non-hydrogen) atoms. The lowest BCUT2D eigenvalue weighted by Crippen LogP contribution is -2.31. The van der Waals surface area contributed by atoms with Crippen LogP contribution in [0, 0.1) is 0 Å². The monoisotopic (exact) mass is 271 g/mol. The minimum atomic E-state index is -0.781. The molecule has 0 saturated heterocycles. The van der Waals surface area contributed by atoms with Crippen LogP contribution in [0.5, 0.6) is 0 Å². The van der Waals surface area contributed by atoms with Crippen molar-refractivity contribution in [1.82, 2.24) is 9.88 Å². The summed E-state index contributed by atoms with van der Waals surface area (Å²) in [6.07, 6.45) is 0.638. The maximum Gasteiger partial charge on any atom is 0.303 e. The van der Waals surface area contributed by atoms with Crippen molar-refractivity contribution in [2.24, 2.45) is 0 Å². The molecule has 0 saturated carbocycles. The van der Waals surface area contributed by atoms with Crippen LogP contribution >= 0.6 is 11.3 Å². The molecule has 0 unspecified atom stereocenters. The van der Waals surface area contributed by atoms with E-state index in [0.29, 0.717) is 12.5 Å². The van der Waals surface area contributed by atoms with Crippen LogP contribution in [0.3, 0.4) is 0 Å². The first-order valence-corrected chi connectivity index (χ1v) is 6.97. The average molecular weight is 271 g/mol.